The average Bonchev–Trinajstić information content (AvgIpc) is 2.97. The molecule has 2 atom stereocenters. The summed E-state index contributed by atoms with van der Waals surface area (Å²) in [7, 11) is 0. The van der Waals surface area contributed by atoms with E-state index in [1.807, 2.05) is 6.92 Å². The van der Waals surface area contributed by atoms with Gasteiger partial charge >= 0.3 is 0 Å². The zero-order valence-electron chi connectivity index (χ0n) is 13.5. The van der Waals surface area contributed by atoms with Crippen LogP contribution in [0.5, 0.6) is 0 Å². The summed E-state index contributed by atoms with van der Waals surface area (Å²) in [6.45, 7) is 9.59. The molecule has 0 radical (unpaired) electrons. The maximum Gasteiger partial charge on any atom is 0.222 e. The second kappa shape index (κ2) is 7.44. The molecule has 2 aliphatic rings. The van der Waals surface area contributed by atoms with Gasteiger partial charge < -0.3 is 10.2 Å². The lowest BCUT2D eigenvalue weighted by Crippen LogP contribution is -2.52. The van der Waals surface area contributed by atoms with Crippen LogP contribution in [-0.4, -0.2) is 36.5 Å². The van der Waals surface area contributed by atoms with Gasteiger partial charge in [-0.25, -0.2) is 0 Å². The van der Waals surface area contributed by atoms with Gasteiger partial charge in [-0.2, -0.15) is 0 Å². The number of likely N-dealkylation sites (tertiary alicyclic amines) is 1. The fraction of sp³-hybridized carbons (Fsp3) is 0.941. The lowest BCUT2D eigenvalue weighted by molar-refractivity contribution is -0.133. The molecule has 0 aromatic rings. The van der Waals surface area contributed by atoms with Crippen molar-refractivity contribution in [1.82, 2.24) is 10.2 Å². The molecule has 1 amide bonds. The van der Waals surface area contributed by atoms with Crippen LogP contribution in [-0.2, 0) is 4.79 Å². The minimum Gasteiger partial charge on any atom is -0.341 e. The highest BCUT2D eigenvalue weighted by Crippen LogP contribution is 2.26. The van der Waals surface area contributed by atoms with Crippen molar-refractivity contribution in [1.29, 1.82) is 0 Å². The van der Waals surface area contributed by atoms with Gasteiger partial charge in [-0.3, -0.25) is 4.79 Å². The molecule has 2 rings (SSSR count). The van der Waals surface area contributed by atoms with E-state index in [1.54, 1.807) is 0 Å². The largest absolute Gasteiger partial charge is 0.341 e. The highest BCUT2D eigenvalue weighted by molar-refractivity contribution is 5.76. The van der Waals surface area contributed by atoms with E-state index >= 15 is 0 Å². The molecule has 1 saturated heterocycles. The highest BCUT2D eigenvalue weighted by Gasteiger charge is 2.31. The number of amides is 1. The predicted octanol–water partition coefficient (Wildman–Crippen LogP) is 3.05. The zero-order valence-corrected chi connectivity index (χ0v) is 13.5. The number of hydrogen-bond donors (Lipinski definition) is 1. The lowest BCUT2D eigenvalue weighted by Gasteiger charge is -2.40. The summed E-state index contributed by atoms with van der Waals surface area (Å²) in [6, 6.07) is 0.507. The Morgan fingerprint density at radius 2 is 1.95 bits per heavy atom. The van der Waals surface area contributed by atoms with E-state index in [0.717, 1.165) is 25.6 Å². The average molecular weight is 280 g/mol. The van der Waals surface area contributed by atoms with Crippen LogP contribution >= 0.6 is 0 Å². The van der Waals surface area contributed by atoms with Crippen molar-refractivity contribution < 1.29 is 4.79 Å². The van der Waals surface area contributed by atoms with Gasteiger partial charge in [-0.15, -0.1) is 0 Å². The molecular weight excluding hydrogens is 248 g/mol. The van der Waals surface area contributed by atoms with Crippen LogP contribution in [0.4, 0.5) is 0 Å². The summed E-state index contributed by atoms with van der Waals surface area (Å²) in [5.41, 5.74) is 0. The van der Waals surface area contributed by atoms with Crippen LogP contribution in [0.15, 0.2) is 0 Å². The van der Waals surface area contributed by atoms with Crippen LogP contribution in [0.1, 0.15) is 59.3 Å². The minimum atomic E-state index is 0.322. The predicted molar refractivity (Wildman–Crippen MR) is 83.6 cm³/mol. The molecule has 1 aliphatic heterocycles. The molecule has 116 valence electrons. The third kappa shape index (κ3) is 4.21. The van der Waals surface area contributed by atoms with E-state index in [2.05, 4.69) is 24.1 Å². The monoisotopic (exact) mass is 280 g/mol. The van der Waals surface area contributed by atoms with Crippen molar-refractivity contribution in [3.8, 4) is 0 Å². The Bertz CT molecular complexity index is 310. The van der Waals surface area contributed by atoms with Crippen molar-refractivity contribution in [3.63, 3.8) is 0 Å². The first-order chi connectivity index (χ1) is 9.60. The van der Waals surface area contributed by atoms with Gasteiger partial charge in [-0.1, -0.05) is 33.6 Å². The first-order valence-electron chi connectivity index (χ1n) is 8.61. The van der Waals surface area contributed by atoms with E-state index in [0.29, 0.717) is 30.2 Å². The first kappa shape index (κ1) is 15.8. The minimum absolute atomic E-state index is 0.322. The maximum atomic E-state index is 12.0. The third-order valence-corrected chi connectivity index (χ3v) is 5.25. The summed E-state index contributed by atoms with van der Waals surface area (Å²) in [6.07, 6.45) is 7.48. The van der Waals surface area contributed by atoms with Gasteiger partial charge in [0, 0.05) is 25.6 Å². The van der Waals surface area contributed by atoms with Gasteiger partial charge in [0.2, 0.25) is 5.91 Å². The number of rotatable bonds is 5. The normalized spacial score (nSPS) is 28.3. The van der Waals surface area contributed by atoms with E-state index in [1.165, 1.54) is 32.1 Å². The number of nitrogens with one attached hydrogen (secondary N) is 1. The van der Waals surface area contributed by atoms with Crippen molar-refractivity contribution in [2.45, 2.75) is 65.3 Å². The standard InChI is InChI=1S/C17H32N2O/c1-4-17(20)19-11-15(13(2)3)9-16(12-19)18-10-14-7-5-6-8-14/h13-16,18H,4-12H2,1-3H3. The third-order valence-electron chi connectivity index (χ3n) is 5.25. The van der Waals surface area contributed by atoms with Gasteiger partial charge in [0.05, 0.1) is 0 Å². The van der Waals surface area contributed by atoms with Gasteiger partial charge in [0.1, 0.15) is 0 Å². The van der Waals surface area contributed by atoms with Crippen molar-refractivity contribution >= 4 is 5.91 Å². The van der Waals surface area contributed by atoms with E-state index in [9.17, 15) is 4.79 Å². The van der Waals surface area contributed by atoms with E-state index < -0.39 is 0 Å². The molecular formula is C17H32N2O. The second-order valence-electron chi connectivity index (χ2n) is 7.15. The maximum absolute atomic E-state index is 12.0. The number of carbonyl (C=O) groups excluding carboxylic acids is 1. The van der Waals surface area contributed by atoms with Crippen LogP contribution in [0.2, 0.25) is 0 Å². The Labute approximate surface area is 124 Å². The number of piperidine rings is 1. The summed E-state index contributed by atoms with van der Waals surface area (Å²) >= 11 is 0. The molecule has 0 bridgehead atoms. The van der Waals surface area contributed by atoms with E-state index in [4.69, 9.17) is 0 Å². The highest BCUT2D eigenvalue weighted by atomic mass is 16.2. The molecule has 20 heavy (non-hydrogen) atoms. The van der Waals surface area contributed by atoms with Gasteiger partial charge in [-0.05, 0) is 43.6 Å². The summed E-state index contributed by atoms with van der Waals surface area (Å²) in [5.74, 6) is 2.52. The molecule has 2 unspecified atom stereocenters. The fourth-order valence-electron chi connectivity index (χ4n) is 3.74. The zero-order chi connectivity index (χ0) is 14.5. The summed E-state index contributed by atoms with van der Waals surface area (Å²) in [4.78, 5) is 14.1. The molecule has 1 N–H and O–H groups in total. The molecule has 2 fully saturated rings. The summed E-state index contributed by atoms with van der Waals surface area (Å²) < 4.78 is 0. The van der Waals surface area contributed by atoms with Crippen LogP contribution < -0.4 is 5.32 Å². The molecule has 1 heterocycles. The Kier molecular flexibility index (Phi) is 5.88. The molecule has 0 aromatic carbocycles. The van der Waals surface area contributed by atoms with Crippen LogP contribution in [0.3, 0.4) is 0 Å². The Morgan fingerprint density at radius 1 is 1.25 bits per heavy atom. The van der Waals surface area contributed by atoms with Gasteiger partial charge in [0.25, 0.3) is 0 Å². The van der Waals surface area contributed by atoms with Crippen molar-refractivity contribution in [2.24, 2.45) is 17.8 Å². The van der Waals surface area contributed by atoms with Crippen LogP contribution in [0.25, 0.3) is 0 Å². The number of carbonyl (C=O) groups is 1. The number of nitrogens with zero attached hydrogens (tertiary/aromatic N) is 1. The Hall–Kier alpha value is -0.570. The quantitative estimate of drug-likeness (QED) is 0.839. The van der Waals surface area contributed by atoms with Crippen molar-refractivity contribution in [3.05, 3.63) is 0 Å². The fourth-order valence-corrected chi connectivity index (χ4v) is 3.74. The lowest BCUT2D eigenvalue weighted by atomic mass is 9.85. The molecule has 0 spiro atoms. The SMILES string of the molecule is CCC(=O)N1CC(NCC2CCCC2)CC(C(C)C)C1. The second-order valence-corrected chi connectivity index (χ2v) is 7.15. The molecule has 3 heteroatoms. The number of hydrogen-bond acceptors (Lipinski definition) is 2. The molecule has 1 aliphatic carbocycles. The summed E-state index contributed by atoms with van der Waals surface area (Å²) in [5, 5.41) is 3.76. The first-order valence-corrected chi connectivity index (χ1v) is 8.61. The smallest absolute Gasteiger partial charge is 0.222 e. The topological polar surface area (TPSA) is 32.3 Å². The van der Waals surface area contributed by atoms with E-state index in [-0.39, 0.29) is 0 Å². The van der Waals surface area contributed by atoms with Gasteiger partial charge in [0.15, 0.2) is 0 Å². The van der Waals surface area contributed by atoms with Crippen molar-refractivity contribution in [2.75, 3.05) is 19.6 Å². The molecule has 3 nitrogen and oxygen atoms in total. The van der Waals surface area contributed by atoms with Crippen LogP contribution in [0, 0.1) is 17.8 Å². The molecule has 0 aromatic heterocycles. The Morgan fingerprint density at radius 3 is 2.55 bits per heavy atom. The molecule has 1 saturated carbocycles. The Balaban J connectivity index is 1.87.